The molecule has 0 spiro atoms. The SMILES string of the molecule is COCc1c(C(=O)O)nnn1CC(=O)NC(C)COC. The second-order valence-corrected chi connectivity index (χ2v) is 4.20. The van der Waals surface area contributed by atoms with E-state index in [0.717, 1.165) is 0 Å². The first-order valence-electron chi connectivity index (χ1n) is 5.92. The molecule has 1 aromatic rings. The van der Waals surface area contributed by atoms with E-state index in [1.807, 2.05) is 0 Å². The molecule has 0 aromatic carbocycles. The van der Waals surface area contributed by atoms with Crippen LogP contribution in [0, 0.1) is 0 Å². The third kappa shape index (κ3) is 4.28. The Morgan fingerprint density at radius 1 is 1.40 bits per heavy atom. The van der Waals surface area contributed by atoms with Crippen LogP contribution in [0.2, 0.25) is 0 Å². The van der Waals surface area contributed by atoms with E-state index in [1.54, 1.807) is 6.92 Å². The van der Waals surface area contributed by atoms with Gasteiger partial charge in [0.05, 0.1) is 18.9 Å². The topological polar surface area (TPSA) is 116 Å². The summed E-state index contributed by atoms with van der Waals surface area (Å²) in [6.45, 7) is 2.05. The Hall–Kier alpha value is -2.00. The average molecular weight is 286 g/mol. The molecule has 20 heavy (non-hydrogen) atoms. The van der Waals surface area contributed by atoms with E-state index in [-0.39, 0.29) is 36.5 Å². The summed E-state index contributed by atoms with van der Waals surface area (Å²) in [5.74, 6) is -1.52. The highest BCUT2D eigenvalue weighted by Crippen LogP contribution is 2.07. The van der Waals surface area contributed by atoms with Crippen LogP contribution in [0.5, 0.6) is 0 Å². The summed E-state index contributed by atoms with van der Waals surface area (Å²) in [6.07, 6.45) is 0. The second kappa shape index (κ2) is 7.56. The van der Waals surface area contributed by atoms with E-state index in [0.29, 0.717) is 6.61 Å². The van der Waals surface area contributed by atoms with Gasteiger partial charge in [-0.3, -0.25) is 4.79 Å². The van der Waals surface area contributed by atoms with Crippen LogP contribution < -0.4 is 5.32 Å². The summed E-state index contributed by atoms with van der Waals surface area (Å²) in [5, 5.41) is 18.9. The molecular formula is C11H18N4O5. The number of nitrogens with one attached hydrogen (secondary N) is 1. The number of carbonyl (C=O) groups excluding carboxylic acids is 1. The highest BCUT2D eigenvalue weighted by Gasteiger charge is 2.20. The van der Waals surface area contributed by atoms with Crippen LogP contribution in [-0.2, 0) is 27.4 Å². The fourth-order valence-corrected chi connectivity index (χ4v) is 1.65. The number of rotatable bonds is 8. The first-order chi connectivity index (χ1) is 9.49. The summed E-state index contributed by atoms with van der Waals surface area (Å²) in [6, 6.07) is -0.152. The standard InChI is InChI=1S/C11H18N4O5/c1-7(5-19-2)12-9(16)4-15-8(6-20-3)10(11(17)18)13-14-15/h7H,4-6H2,1-3H3,(H,12,16)(H,17,18). The van der Waals surface area contributed by atoms with Crippen molar-refractivity contribution in [3.8, 4) is 0 Å². The molecule has 1 unspecified atom stereocenters. The predicted octanol–water partition coefficient (Wildman–Crippen LogP) is -0.726. The van der Waals surface area contributed by atoms with Gasteiger partial charge in [0.25, 0.3) is 0 Å². The number of carbonyl (C=O) groups is 2. The second-order valence-electron chi connectivity index (χ2n) is 4.20. The number of aromatic nitrogens is 3. The quantitative estimate of drug-likeness (QED) is 0.647. The molecule has 9 nitrogen and oxygen atoms in total. The first-order valence-corrected chi connectivity index (χ1v) is 5.92. The number of carboxylic acid groups (broad SMARTS) is 1. The van der Waals surface area contributed by atoms with Crippen molar-refractivity contribution in [3.05, 3.63) is 11.4 Å². The number of nitrogens with zero attached hydrogens (tertiary/aromatic N) is 3. The van der Waals surface area contributed by atoms with Gasteiger partial charge >= 0.3 is 5.97 Å². The number of methoxy groups -OCH3 is 2. The maximum absolute atomic E-state index is 11.8. The van der Waals surface area contributed by atoms with Crippen LogP contribution in [-0.4, -0.2) is 58.8 Å². The summed E-state index contributed by atoms with van der Waals surface area (Å²) in [5.41, 5.74) is 0.0270. The molecule has 0 aliphatic rings. The van der Waals surface area contributed by atoms with Crippen molar-refractivity contribution in [1.82, 2.24) is 20.3 Å². The molecule has 1 atom stereocenters. The lowest BCUT2D eigenvalue weighted by Gasteiger charge is -2.13. The summed E-state index contributed by atoms with van der Waals surface area (Å²) < 4.78 is 11.0. The van der Waals surface area contributed by atoms with Crippen molar-refractivity contribution in [1.29, 1.82) is 0 Å². The number of aromatic carboxylic acids is 1. The molecule has 2 N–H and O–H groups in total. The van der Waals surface area contributed by atoms with Gasteiger partial charge in [-0.2, -0.15) is 0 Å². The van der Waals surface area contributed by atoms with Crippen molar-refractivity contribution in [2.24, 2.45) is 0 Å². The summed E-state index contributed by atoms with van der Waals surface area (Å²) >= 11 is 0. The van der Waals surface area contributed by atoms with Crippen molar-refractivity contribution in [2.45, 2.75) is 26.1 Å². The lowest BCUT2D eigenvalue weighted by Crippen LogP contribution is -2.38. The monoisotopic (exact) mass is 286 g/mol. The minimum absolute atomic E-state index is 0.00946. The summed E-state index contributed by atoms with van der Waals surface area (Å²) in [7, 11) is 2.96. The lowest BCUT2D eigenvalue weighted by atomic mass is 10.3. The highest BCUT2D eigenvalue weighted by molar-refractivity contribution is 5.86. The van der Waals surface area contributed by atoms with Gasteiger partial charge in [-0.15, -0.1) is 5.10 Å². The minimum Gasteiger partial charge on any atom is -0.476 e. The van der Waals surface area contributed by atoms with E-state index >= 15 is 0 Å². The Morgan fingerprint density at radius 2 is 2.10 bits per heavy atom. The number of ether oxygens (including phenoxy) is 2. The van der Waals surface area contributed by atoms with E-state index in [2.05, 4.69) is 15.6 Å². The number of amides is 1. The predicted molar refractivity (Wildman–Crippen MR) is 67.2 cm³/mol. The van der Waals surface area contributed by atoms with E-state index in [1.165, 1.54) is 18.9 Å². The fourth-order valence-electron chi connectivity index (χ4n) is 1.65. The molecule has 0 saturated heterocycles. The van der Waals surface area contributed by atoms with Gasteiger partial charge in [0.2, 0.25) is 5.91 Å². The molecule has 0 aliphatic heterocycles. The van der Waals surface area contributed by atoms with Crippen molar-refractivity contribution in [3.63, 3.8) is 0 Å². The van der Waals surface area contributed by atoms with Crippen LogP contribution in [0.3, 0.4) is 0 Å². The Kier molecular flexibility index (Phi) is 6.07. The molecular weight excluding hydrogens is 268 g/mol. The molecule has 1 aromatic heterocycles. The molecule has 0 aliphatic carbocycles. The van der Waals surface area contributed by atoms with Gasteiger partial charge in [0.15, 0.2) is 5.69 Å². The molecule has 1 rings (SSSR count). The molecule has 0 fully saturated rings. The van der Waals surface area contributed by atoms with Gasteiger partial charge in [0, 0.05) is 20.3 Å². The van der Waals surface area contributed by atoms with Crippen molar-refractivity contribution >= 4 is 11.9 Å². The molecule has 9 heteroatoms. The maximum atomic E-state index is 11.8. The Labute approximate surface area is 115 Å². The van der Waals surface area contributed by atoms with Crippen LogP contribution in [0.25, 0.3) is 0 Å². The normalized spacial score (nSPS) is 12.2. The number of carboxylic acids is 1. The lowest BCUT2D eigenvalue weighted by molar-refractivity contribution is -0.122. The van der Waals surface area contributed by atoms with Crippen LogP contribution >= 0.6 is 0 Å². The van der Waals surface area contributed by atoms with Crippen molar-refractivity contribution < 1.29 is 24.2 Å². The molecule has 1 heterocycles. The zero-order valence-electron chi connectivity index (χ0n) is 11.6. The molecule has 0 bridgehead atoms. The zero-order valence-corrected chi connectivity index (χ0v) is 11.6. The van der Waals surface area contributed by atoms with Gasteiger partial charge < -0.3 is 19.9 Å². The van der Waals surface area contributed by atoms with Gasteiger partial charge in [0.1, 0.15) is 6.54 Å². The molecule has 0 saturated carbocycles. The minimum atomic E-state index is -1.21. The van der Waals surface area contributed by atoms with Crippen LogP contribution in [0.4, 0.5) is 0 Å². The third-order valence-electron chi connectivity index (χ3n) is 2.44. The molecule has 1 amide bonds. The van der Waals surface area contributed by atoms with Gasteiger partial charge in [-0.25, -0.2) is 9.48 Å². The Balaban J connectivity index is 2.76. The Morgan fingerprint density at radius 3 is 2.65 bits per heavy atom. The molecule has 112 valence electrons. The first kappa shape index (κ1) is 16.1. The average Bonchev–Trinajstić information content (AvgIpc) is 2.73. The van der Waals surface area contributed by atoms with E-state index in [9.17, 15) is 9.59 Å². The largest absolute Gasteiger partial charge is 0.476 e. The Bertz CT molecular complexity index is 473. The van der Waals surface area contributed by atoms with E-state index in [4.69, 9.17) is 14.6 Å². The zero-order chi connectivity index (χ0) is 15.1. The van der Waals surface area contributed by atoms with E-state index < -0.39 is 5.97 Å². The van der Waals surface area contributed by atoms with Crippen molar-refractivity contribution in [2.75, 3.05) is 20.8 Å². The van der Waals surface area contributed by atoms with Gasteiger partial charge in [-0.05, 0) is 6.92 Å². The molecule has 0 radical (unpaired) electrons. The fraction of sp³-hybridized carbons (Fsp3) is 0.636. The van der Waals surface area contributed by atoms with Crippen LogP contribution in [0.15, 0.2) is 0 Å². The number of hydrogen-bond acceptors (Lipinski definition) is 6. The number of hydrogen-bond donors (Lipinski definition) is 2. The highest BCUT2D eigenvalue weighted by atomic mass is 16.5. The smallest absolute Gasteiger partial charge is 0.358 e. The van der Waals surface area contributed by atoms with Gasteiger partial charge in [-0.1, -0.05) is 5.21 Å². The van der Waals surface area contributed by atoms with Crippen LogP contribution in [0.1, 0.15) is 23.1 Å². The summed E-state index contributed by atoms with van der Waals surface area (Å²) in [4.78, 5) is 22.8. The maximum Gasteiger partial charge on any atom is 0.358 e. The third-order valence-corrected chi connectivity index (χ3v) is 2.44.